The van der Waals surface area contributed by atoms with Gasteiger partial charge in [-0.2, -0.15) is 0 Å². The minimum atomic E-state index is -4.76. The van der Waals surface area contributed by atoms with Crippen molar-refractivity contribution >= 4 is 11.7 Å². The second-order valence-corrected chi connectivity index (χ2v) is 6.32. The van der Waals surface area contributed by atoms with Gasteiger partial charge in [0, 0.05) is 17.8 Å². The zero-order chi connectivity index (χ0) is 22.6. The quantitative estimate of drug-likeness (QED) is 0.310. The zero-order valence-electron chi connectivity index (χ0n) is 16.3. The third-order valence-corrected chi connectivity index (χ3v) is 4.25. The van der Waals surface area contributed by atoms with Crippen molar-refractivity contribution in [2.75, 3.05) is 5.01 Å². The number of benzene rings is 2. The van der Waals surface area contributed by atoms with E-state index in [1.165, 1.54) is 28.9 Å². The van der Waals surface area contributed by atoms with Crippen LogP contribution >= 0.6 is 0 Å². The van der Waals surface area contributed by atoms with Crippen LogP contribution in [0.4, 0.5) is 23.7 Å². The number of rotatable bonds is 6. The molecule has 164 valence electrons. The summed E-state index contributed by atoms with van der Waals surface area (Å²) in [4.78, 5) is 11.7. The van der Waals surface area contributed by atoms with Crippen LogP contribution in [0.15, 0.2) is 54.7 Å². The SMILES string of the molecule is Cc1cccc(N(N)C(=O)NN)c1COc1ccn(-c2ccc(OC(F)(F)F)cc2)n1. The van der Waals surface area contributed by atoms with Crippen molar-refractivity contribution in [3.05, 3.63) is 65.9 Å². The molecule has 0 radical (unpaired) electrons. The lowest BCUT2D eigenvalue weighted by Crippen LogP contribution is -2.48. The first-order valence-corrected chi connectivity index (χ1v) is 8.86. The van der Waals surface area contributed by atoms with Gasteiger partial charge >= 0.3 is 12.4 Å². The van der Waals surface area contributed by atoms with E-state index >= 15 is 0 Å². The molecule has 1 aromatic heterocycles. The summed E-state index contributed by atoms with van der Waals surface area (Å²) < 4.78 is 47.8. The van der Waals surface area contributed by atoms with Crippen LogP contribution in [0.3, 0.4) is 0 Å². The number of carbonyl (C=O) groups is 1. The molecule has 0 aliphatic heterocycles. The van der Waals surface area contributed by atoms with E-state index in [1.807, 2.05) is 18.4 Å². The van der Waals surface area contributed by atoms with E-state index in [2.05, 4.69) is 9.84 Å². The molecule has 3 rings (SSSR count). The number of amides is 2. The first-order valence-electron chi connectivity index (χ1n) is 8.86. The third-order valence-electron chi connectivity index (χ3n) is 4.25. The highest BCUT2D eigenvalue weighted by atomic mass is 19.4. The number of nitrogens with two attached hydrogens (primary N) is 2. The van der Waals surface area contributed by atoms with Gasteiger partial charge in [-0.15, -0.1) is 18.3 Å². The number of hydrogen-bond acceptors (Lipinski definition) is 6. The summed E-state index contributed by atoms with van der Waals surface area (Å²) in [5, 5.41) is 5.11. The molecule has 0 aliphatic rings. The van der Waals surface area contributed by atoms with E-state index in [4.69, 9.17) is 16.4 Å². The Balaban J connectivity index is 1.72. The lowest BCUT2D eigenvalue weighted by atomic mass is 10.1. The van der Waals surface area contributed by atoms with E-state index in [1.54, 1.807) is 24.4 Å². The number of aromatic nitrogens is 2. The number of urea groups is 1. The van der Waals surface area contributed by atoms with E-state index in [0.29, 0.717) is 16.9 Å². The maximum Gasteiger partial charge on any atom is 0.573 e. The van der Waals surface area contributed by atoms with Crippen LogP contribution in [0.5, 0.6) is 11.6 Å². The minimum Gasteiger partial charge on any atom is -0.472 e. The Hall–Kier alpha value is -3.77. The molecule has 0 fully saturated rings. The van der Waals surface area contributed by atoms with Gasteiger partial charge in [0.05, 0.1) is 11.4 Å². The molecule has 9 nitrogen and oxygen atoms in total. The van der Waals surface area contributed by atoms with Crippen LogP contribution in [0.25, 0.3) is 5.69 Å². The summed E-state index contributed by atoms with van der Waals surface area (Å²) in [7, 11) is 0. The van der Waals surface area contributed by atoms with Crippen LogP contribution in [-0.4, -0.2) is 22.2 Å². The first-order chi connectivity index (χ1) is 14.7. The monoisotopic (exact) mass is 436 g/mol. The lowest BCUT2D eigenvalue weighted by molar-refractivity contribution is -0.274. The van der Waals surface area contributed by atoms with Crippen molar-refractivity contribution in [1.82, 2.24) is 15.2 Å². The standard InChI is InChI=1S/C19H19F3N6O3/c1-12-3-2-4-16(28(24)18(29)25-23)15(12)11-30-17-9-10-27(26-17)13-5-7-14(8-6-13)31-19(20,21)22/h2-10H,11,23-24H2,1H3,(H,25,29). The predicted octanol–water partition coefficient (Wildman–Crippen LogP) is 2.92. The number of hydrogen-bond donors (Lipinski definition) is 3. The van der Waals surface area contributed by atoms with Crippen LogP contribution in [-0.2, 0) is 6.61 Å². The molecule has 0 spiro atoms. The second kappa shape index (κ2) is 8.93. The molecule has 5 N–H and O–H groups in total. The van der Waals surface area contributed by atoms with E-state index in [9.17, 15) is 18.0 Å². The highest BCUT2D eigenvalue weighted by Gasteiger charge is 2.31. The summed E-state index contributed by atoms with van der Waals surface area (Å²) in [6.07, 6.45) is -3.17. The summed E-state index contributed by atoms with van der Waals surface area (Å²) >= 11 is 0. The number of anilines is 1. The molecule has 2 amide bonds. The molecular weight excluding hydrogens is 417 g/mol. The molecule has 0 unspecified atom stereocenters. The van der Waals surface area contributed by atoms with Crippen molar-refractivity contribution in [2.24, 2.45) is 11.7 Å². The molecule has 1 heterocycles. The third kappa shape index (κ3) is 5.43. The highest BCUT2D eigenvalue weighted by Crippen LogP contribution is 2.25. The van der Waals surface area contributed by atoms with Gasteiger partial charge in [0.2, 0.25) is 5.88 Å². The number of carbonyl (C=O) groups excluding carboxylic acids is 1. The summed E-state index contributed by atoms with van der Waals surface area (Å²) in [6.45, 7) is 1.89. The van der Waals surface area contributed by atoms with Gasteiger partial charge in [0.1, 0.15) is 12.4 Å². The van der Waals surface area contributed by atoms with Gasteiger partial charge in [-0.1, -0.05) is 12.1 Å². The predicted molar refractivity (Wildman–Crippen MR) is 105 cm³/mol. The zero-order valence-corrected chi connectivity index (χ0v) is 16.3. The number of nitrogens with zero attached hydrogens (tertiary/aromatic N) is 3. The molecule has 0 bridgehead atoms. The highest BCUT2D eigenvalue weighted by molar-refractivity contribution is 5.91. The fourth-order valence-electron chi connectivity index (χ4n) is 2.75. The van der Waals surface area contributed by atoms with Gasteiger partial charge in [0.25, 0.3) is 0 Å². The first kappa shape index (κ1) is 21.9. The fourth-order valence-corrected chi connectivity index (χ4v) is 2.75. The molecular formula is C19H19F3N6O3. The molecule has 2 aromatic carbocycles. The number of hydrazine groups is 2. The molecule has 0 aliphatic carbocycles. The van der Waals surface area contributed by atoms with Crippen molar-refractivity contribution < 1.29 is 27.4 Å². The maximum atomic E-state index is 12.3. The number of ether oxygens (including phenoxy) is 2. The van der Waals surface area contributed by atoms with Crippen LogP contribution in [0.2, 0.25) is 0 Å². The lowest BCUT2D eigenvalue weighted by Gasteiger charge is -2.20. The van der Waals surface area contributed by atoms with Gasteiger partial charge in [-0.3, -0.25) is 5.43 Å². The van der Waals surface area contributed by atoms with E-state index in [0.717, 1.165) is 10.6 Å². The number of nitrogens with one attached hydrogen (secondary N) is 1. The van der Waals surface area contributed by atoms with Gasteiger partial charge in [-0.25, -0.2) is 26.2 Å². The van der Waals surface area contributed by atoms with Crippen LogP contribution in [0, 0.1) is 6.92 Å². The molecule has 0 saturated heterocycles. The summed E-state index contributed by atoms with van der Waals surface area (Å²) in [5.41, 5.74) is 4.35. The largest absolute Gasteiger partial charge is 0.573 e. The molecule has 0 atom stereocenters. The van der Waals surface area contributed by atoms with E-state index < -0.39 is 12.4 Å². The fraction of sp³-hybridized carbons (Fsp3) is 0.158. The van der Waals surface area contributed by atoms with Crippen molar-refractivity contribution in [3.63, 3.8) is 0 Å². The average molecular weight is 436 g/mol. The normalized spacial score (nSPS) is 11.2. The molecule has 31 heavy (non-hydrogen) atoms. The summed E-state index contributed by atoms with van der Waals surface area (Å²) in [6, 6.07) is 11.3. The Morgan fingerprint density at radius 1 is 1.19 bits per heavy atom. The average Bonchev–Trinajstić information content (AvgIpc) is 3.20. The van der Waals surface area contributed by atoms with Gasteiger partial charge in [-0.05, 0) is 42.8 Å². The Morgan fingerprint density at radius 2 is 1.90 bits per heavy atom. The number of halogens is 3. The second-order valence-electron chi connectivity index (χ2n) is 6.32. The maximum absolute atomic E-state index is 12.3. The van der Waals surface area contributed by atoms with Crippen LogP contribution < -0.4 is 31.6 Å². The molecule has 0 saturated carbocycles. The molecule has 3 aromatic rings. The van der Waals surface area contributed by atoms with Gasteiger partial charge in [0.15, 0.2) is 0 Å². The Bertz CT molecular complexity index is 1050. The Morgan fingerprint density at radius 3 is 2.55 bits per heavy atom. The topological polar surface area (TPSA) is 121 Å². The van der Waals surface area contributed by atoms with E-state index in [-0.39, 0.29) is 18.2 Å². The van der Waals surface area contributed by atoms with Crippen molar-refractivity contribution in [2.45, 2.75) is 19.9 Å². The van der Waals surface area contributed by atoms with Crippen molar-refractivity contribution in [1.29, 1.82) is 0 Å². The Kier molecular flexibility index (Phi) is 6.32. The van der Waals surface area contributed by atoms with Crippen molar-refractivity contribution in [3.8, 4) is 17.3 Å². The van der Waals surface area contributed by atoms with Gasteiger partial charge < -0.3 is 9.47 Å². The molecule has 12 heteroatoms. The van der Waals surface area contributed by atoms with Crippen LogP contribution in [0.1, 0.15) is 11.1 Å². The smallest absolute Gasteiger partial charge is 0.472 e. The number of alkyl halides is 3. The summed E-state index contributed by atoms with van der Waals surface area (Å²) in [5.74, 6) is 10.9. The Labute approximate surface area is 174 Å². The number of aryl methyl sites for hydroxylation is 1. The minimum absolute atomic E-state index is 0.0585.